The molecule has 1 aliphatic heterocycles. The van der Waals surface area contributed by atoms with Crippen molar-refractivity contribution < 1.29 is 30.0 Å². The van der Waals surface area contributed by atoms with Gasteiger partial charge in [0, 0.05) is 31.8 Å². The summed E-state index contributed by atoms with van der Waals surface area (Å²) in [6.45, 7) is 4.10. The molecule has 10 nitrogen and oxygen atoms in total. The SMILES string of the molecule is CC(C)S(=O)(=O)c1ccc(S(=O)(=O)n2nc(N3CCN(c4ncc(F)cn4)CC34CC4)c3c(F)cc(F)cc32)cc1. The highest BCUT2D eigenvalue weighted by Gasteiger charge is 2.53. The number of sulfone groups is 1. The van der Waals surface area contributed by atoms with Crippen molar-refractivity contribution in [3.05, 3.63) is 66.2 Å². The van der Waals surface area contributed by atoms with E-state index in [4.69, 9.17) is 0 Å². The van der Waals surface area contributed by atoms with Crippen LogP contribution in [0.5, 0.6) is 0 Å². The third-order valence-electron chi connectivity index (χ3n) is 7.57. The van der Waals surface area contributed by atoms with Gasteiger partial charge in [0.2, 0.25) is 5.95 Å². The molecule has 2 aromatic carbocycles. The normalized spacial score (nSPS) is 17.1. The Hall–Kier alpha value is -3.72. The largest absolute Gasteiger partial charge is 0.345 e. The monoisotopic (exact) mass is 606 g/mol. The predicted octanol–water partition coefficient (Wildman–Crippen LogP) is 3.52. The zero-order valence-corrected chi connectivity index (χ0v) is 23.6. The summed E-state index contributed by atoms with van der Waals surface area (Å²) in [5.41, 5.74) is -0.809. The molecule has 0 unspecified atom stereocenters. The van der Waals surface area contributed by atoms with Crippen molar-refractivity contribution in [3.63, 3.8) is 0 Å². The Morgan fingerprint density at radius 2 is 1.51 bits per heavy atom. The highest BCUT2D eigenvalue weighted by Crippen LogP contribution is 2.48. The van der Waals surface area contributed by atoms with Crippen LogP contribution in [0.25, 0.3) is 10.9 Å². The molecule has 1 aliphatic carbocycles. The molecule has 15 heteroatoms. The van der Waals surface area contributed by atoms with Crippen molar-refractivity contribution >= 4 is 42.5 Å². The van der Waals surface area contributed by atoms with E-state index < -0.39 is 48.1 Å². The molecule has 1 saturated carbocycles. The summed E-state index contributed by atoms with van der Waals surface area (Å²) >= 11 is 0. The molecule has 1 spiro atoms. The van der Waals surface area contributed by atoms with Crippen LogP contribution in [-0.2, 0) is 19.9 Å². The fraction of sp³-hybridized carbons (Fsp3) is 0.346. The topological polar surface area (TPSA) is 118 Å². The molecule has 41 heavy (non-hydrogen) atoms. The summed E-state index contributed by atoms with van der Waals surface area (Å²) in [6, 6.07) is 6.23. The molecule has 2 aliphatic rings. The Morgan fingerprint density at radius 3 is 2.12 bits per heavy atom. The molecule has 2 aromatic heterocycles. The molecule has 6 rings (SSSR count). The van der Waals surface area contributed by atoms with Crippen molar-refractivity contribution in [3.8, 4) is 0 Å². The van der Waals surface area contributed by atoms with Crippen molar-refractivity contribution in [2.75, 3.05) is 29.4 Å². The van der Waals surface area contributed by atoms with E-state index in [0.29, 0.717) is 48.6 Å². The first kappa shape index (κ1) is 27.4. The first-order valence-electron chi connectivity index (χ1n) is 12.8. The number of hydrogen-bond acceptors (Lipinski definition) is 9. The molecule has 0 N–H and O–H groups in total. The first-order valence-corrected chi connectivity index (χ1v) is 15.8. The van der Waals surface area contributed by atoms with Crippen LogP contribution in [-0.4, -0.2) is 66.4 Å². The van der Waals surface area contributed by atoms with Gasteiger partial charge in [-0.2, -0.15) is 12.5 Å². The van der Waals surface area contributed by atoms with Crippen molar-refractivity contribution in [1.82, 2.24) is 19.2 Å². The van der Waals surface area contributed by atoms with E-state index in [-0.39, 0.29) is 26.5 Å². The van der Waals surface area contributed by atoms with E-state index in [2.05, 4.69) is 15.1 Å². The quantitative estimate of drug-likeness (QED) is 0.325. The number of anilines is 2. The number of aromatic nitrogens is 4. The van der Waals surface area contributed by atoms with E-state index >= 15 is 4.39 Å². The van der Waals surface area contributed by atoms with Crippen molar-refractivity contribution in [2.45, 2.75) is 47.3 Å². The molecule has 0 bridgehead atoms. The Balaban J connectivity index is 1.42. The van der Waals surface area contributed by atoms with Crippen LogP contribution in [0.2, 0.25) is 0 Å². The number of rotatable bonds is 6. The zero-order valence-electron chi connectivity index (χ0n) is 22.0. The highest BCUT2D eigenvalue weighted by atomic mass is 32.2. The molecule has 2 fully saturated rings. The fourth-order valence-corrected chi connectivity index (χ4v) is 7.51. The van der Waals surface area contributed by atoms with Crippen LogP contribution in [0.4, 0.5) is 24.9 Å². The van der Waals surface area contributed by atoms with Gasteiger partial charge < -0.3 is 9.80 Å². The molecule has 0 amide bonds. The van der Waals surface area contributed by atoms with Gasteiger partial charge in [-0.15, -0.1) is 5.10 Å². The number of fused-ring (bicyclic) bond motifs is 1. The smallest absolute Gasteiger partial charge is 0.283 e. The minimum absolute atomic E-state index is 0.0479. The van der Waals surface area contributed by atoms with Crippen LogP contribution >= 0.6 is 0 Å². The van der Waals surface area contributed by atoms with Gasteiger partial charge in [-0.05, 0) is 51.0 Å². The molecular weight excluding hydrogens is 581 g/mol. The summed E-state index contributed by atoms with van der Waals surface area (Å²) in [7, 11) is -8.14. The Labute approximate surface area is 234 Å². The van der Waals surface area contributed by atoms with Gasteiger partial charge in [-0.1, -0.05) is 0 Å². The average Bonchev–Trinajstić information content (AvgIpc) is 3.57. The molecule has 0 atom stereocenters. The number of nitrogens with zero attached hydrogens (tertiary/aromatic N) is 6. The van der Waals surface area contributed by atoms with Crippen molar-refractivity contribution in [2.24, 2.45) is 0 Å². The Bertz CT molecular complexity index is 1880. The zero-order chi connectivity index (χ0) is 29.3. The van der Waals surface area contributed by atoms with E-state index in [1.165, 1.54) is 26.0 Å². The van der Waals surface area contributed by atoms with Gasteiger partial charge in [0.1, 0.15) is 11.6 Å². The summed E-state index contributed by atoms with van der Waals surface area (Å²) in [4.78, 5) is 11.5. The Kier molecular flexibility index (Phi) is 6.30. The van der Waals surface area contributed by atoms with E-state index in [9.17, 15) is 25.6 Å². The third kappa shape index (κ3) is 4.51. The number of halogens is 3. The lowest BCUT2D eigenvalue weighted by molar-refractivity contribution is 0.496. The molecule has 0 radical (unpaired) electrons. The second-order valence-electron chi connectivity index (χ2n) is 10.5. The van der Waals surface area contributed by atoms with Gasteiger partial charge >= 0.3 is 0 Å². The molecule has 1 saturated heterocycles. The lowest BCUT2D eigenvalue weighted by atomic mass is 10.1. The summed E-state index contributed by atoms with van der Waals surface area (Å²) in [5.74, 6) is -2.11. The number of hydrogen-bond donors (Lipinski definition) is 0. The van der Waals surface area contributed by atoms with E-state index in [1.807, 2.05) is 9.80 Å². The van der Waals surface area contributed by atoms with Crippen LogP contribution in [0.15, 0.2) is 58.6 Å². The standard InChI is InChI=1S/C26H25F3N6O4S2/c1-16(2)40(36,37)19-3-5-20(6-4-19)41(38,39)35-22-12-17(27)11-21(29)23(22)24(32-35)34-10-9-33(15-26(34)7-8-26)25-30-13-18(28)14-31-25/h3-6,11-14,16H,7-10,15H2,1-2H3. The maximum Gasteiger partial charge on any atom is 0.283 e. The van der Waals surface area contributed by atoms with Gasteiger partial charge in [0.05, 0.1) is 43.9 Å². The minimum Gasteiger partial charge on any atom is -0.345 e. The Morgan fingerprint density at radius 1 is 0.878 bits per heavy atom. The third-order valence-corrected chi connectivity index (χ3v) is 11.3. The van der Waals surface area contributed by atoms with Gasteiger partial charge in [-0.3, -0.25) is 0 Å². The number of piperazine rings is 1. The van der Waals surface area contributed by atoms with Crippen molar-refractivity contribution in [1.29, 1.82) is 0 Å². The highest BCUT2D eigenvalue weighted by molar-refractivity contribution is 7.92. The molecule has 216 valence electrons. The second-order valence-corrected chi connectivity index (χ2v) is 14.8. The summed E-state index contributed by atoms with van der Waals surface area (Å²) < 4.78 is 96.2. The predicted molar refractivity (Wildman–Crippen MR) is 145 cm³/mol. The van der Waals surface area contributed by atoms with Crippen LogP contribution < -0.4 is 9.80 Å². The van der Waals surface area contributed by atoms with Crippen LogP contribution in [0, 0.1) is 17.5 Å². The fourth-order valence-electron chi connectivity index (χ4n) is 5.19. The van der Waals surface area contributed by atoms with Crippen LogP contribution in [0.1, 0.15) is 26.7 Å². The minimum atomic E-state index is -4.49. The maximum absolute atomic E-state index is 15.3. The summed E-state index contributed by atoms with van der Waals surface area (Å²) in [6.07, 6.45) is 3.53. The lowest BCUT2D eigenvalue weighted by Gasteiger charge is -2.42. The first-order chi connectivity index (χ1) is 19.3. The maximum atomic E-state index is 15.3. The van der Waals surface area contributed by atoms with Crippen LogP contribution in [0.3, 0.4) is 0 Å². The number of benzene rings is 2. The lowest BCUT2D eigenvalue weighted by Crippen LogP contribution is -2.56. The van der Waals surface area contributed by atoms with Gasteiger partial charge in [-0.25, -0.2) is 31.6 Å². The van der Waals surface area contributed by atoms with E-state index in [1.54, 1.807) is 0 Å². The second kappa shape index (κ2) is 9.41. The molecular formula is C26H25F3N6O4S2. The molecule has 3 heterocycles. The van der Waals surface area contributed by atoms with E-state index in [0.717, 1.165) is 30.6 Å². The van der Waals surface area contributed by atoms with Gasteiger partial charge in [0.25, 0.3) is 10.0 Å². The average molecular weight is 607 g/mol. The molecule has 4 aromatic rings. The summed E-state index contributed by atoms with van der Waals surface area (Å²) in [5, 5.41) is 3.48. The van der Waals surface area contributed by atoms with Gasteiger partial charge in [0.15, 0.2) is 21.5 Å².